The molecule has 0 spiro atoms. The van der Waals surface area contributed by atoms with Crippen molar-refractivity contribution in [2.45, 2.75) is 6.92 Å². The molecule has 0 amide bonds. The predicted octanol–water partition coefficient (Wildman–Crippen LogP) is 2.93. The molecular weight excluding hydrogens is 294 g/mol. The Bertz CT molecular complexity index is 809. The van der Waals surface area contributed by atoms with Crippen molar-refractivity contribution in [1.82, 2.24) is 19.6 Å². The number of hydrogen-bond donors (Lipinski definition) is 0. The Morgan fingerprint density at radius 3 is 2.57 bits per heavy atom. The largest absolute Gasteiger partial charge is 0.336 e. The molecule has 1 aromatic carbocycles. The fourth-order valence-electron chi connectivity index (χ4n) is 2.09. The second kappa shape index (κ2) is 5.02. The van der Waals surface area contributed by atoms with Crippen LogP contribution in [-0.4, -0.2) is 24.5 Å². The molecule has 8 heteroatoms. The van der Waals surface area contributed by atoms with Crippen LogP contribution in [0.4, 0.5) is 5.69 Å². The molecule has 106 valence electrons. The van der Waals surface area contributed by atoms with Gasteiger partial charge in [0.1, 0.15) is 5.69 Å². The summed E-state index contributed by atoms with van der Waals surface area (Å²) in [5.41, 5.74) is 0.916. The second-order valence-electron chi connectivity index (χ2n) is 4.37. The van der Waals surface area contributed by atoms with Crippen molar-refractivity contribution >= 4 is 17.3 Å². The Labute approximate surface area is 124 Å². The molecule has 0 aliphatic rings. The highest BCUT2D eigenvalue weighted by Crippen LogP contribution is 2.29. The van der Waals surface area contributed by atoms with E-state index in [-0.39, 0.29) is 11.5 Å². The average Bonchev–Trinajstić information content (AvgIpc) is 3.03. The molecule has 0 fully saturated rings. The van der Waals surface area contributed by atoms with Crippen molar-refractivity contribution in [3.8, 4) is 11.5 Å². The molecule has 0 atom stereocenters. The summed E-state index contributed by atoms with van der Waals surface area (Å²) in [5.74, 6) is 0.246. The van der Waals surface area contributed by atoms with Crippen molar-refractivity contribution in [2.24, 2.45) is 0 Å². The van der Waals surface area contributed by atoms with Crippen LogP contribution in [0.2, 0.25) is 5.02 Å². The van der Waals surface area contributed by atoms with Gasteiger partial charge in [0.05, 0.1) is 28.0 Å². The fourth-order valence-corrected chi connectivity index (χ4v) is 2.23. The van der Waals surface area contributed by atoms with E-state index >= 15 is 0 Å². The molecule has 0 bridgehead atoms. The third-order valence-electron chi connectivity index (χ3n) is 2.96. The molecule has 0 aliphatic carbocycles. The minimum absolute atomic E-state index is 0.0985. The molecule has 2 aromatic heterocycles. The third-order valence-corrected chi connectivity index (χ3v) is 3.15. The summed E-state index contributed by atoms with van der Waals surface area (Å²) < 4.78 is 2.84. The van der Waals surface area contributed by atoms with Crippen molar-refractivity contribution in [3.63, 3.8) is 0 Å². The minimum Gasteiger partial charge on any atom is -0.258 e. The van der Waals surface area contributed by atoms with E-state index in [1.165, 1.54) is 21.8 Å². The summed E-state index contributed by atoms with van der Waals surface area (Å²) in [5, 5.41) is 20.0. The van der Waals surface area contributed by atoms with Gasteiger partial charge in [-0.2, -0.15) is 10.2 Å². The lowest BCUT2D eigenvalue weighted by Crippen LogP contribution is -2.07. The molecule has 0 saturated heterocycles. The molecule has 0 unspecified atom stereocenters. The van der Waals surface area contributed by atoms with E-state index in [0.29, 0.717) is 16.4 Å². The lowest BCUT2D eigenvalue weighted by atomic mass is 10.3. The molecule has 0 N–H and O–H groups in total. The van der Waals surface area contributed by atoms with E-state index in [1.54, 1.807) is 6.92 Å². The number of rotatable bonds is 3. The minimum atomic E-state index is -0.466. The van der Waals surface area contributed by atoms with Gasteiger partial charge in [-0.05, 0) is 19.1 Å². The van der Waals surface area contributed by atoms with Gasteiger partial charge in [0.25, 0.3) is 0 Å². The molecule has 7 nitrogen and oxygen atoms in total. The first-order valence-electron chi connectivity index (χ1n) is 6.08. The normalized spacial score (nSPS) is 10.8. The first-order valence-corrected chi connectivity index (χ1v) is 6.45. The number of nitro groups is 1. The van der Waals surface area contributed by atoms with Crippen LogP contribution in [0.3, 0.4) is 0 Å². The number of para-hydroxylation sites is 1. The smallest absolute Gasteiger partial charge is 0.258 e. The number of hydrogen-bond acceptors (Lipinski definition) is 4. The zero-order valence-electron chi connectivity index (χ0n) is 11.0. The van der Waals surface area contributed by atoms with Crippen LogP contribution in [0.1, 0.15) is 5.69 Å². The first-order chi connectivity index (χ1) is 10.1. The Hall–Kier alpha value is -2.67. The Morgan fingerprint density at radius 2 is 2.00 bits per heavy atom. The second-order valence-corrected chi connectivity index (χ2v) is 4.80. The van der Waals surface area contributed by atoms with E-state index in [4.69, 9.17) is 11.6 Å². The summed E-state index contributed by atoms with van der Waals surface area (Å²) >= 11 is 5.86. The number of aryl methyl sites for hydroxylation is 1. The van der Waals surface area contributed by atoms with Crippen LogP contribution in [0, 0.1) is 17.0 Å². The molecule has 0 aliphatic heterocycles. The number of nitrogens with zero attached hydrogens (tertiary/aromatic N) is 5. The van der Waals surface area contributed by atoms with Crippen molar-refractivity contribution < 1.29 is 4.92 Å². The quantitative estimate of drug-likeness (QED) is 0.550. The summed E-state index contributed by atoms with van der Waals surface area (Å²) in [6.45, 7) is 1.59. The van der Waals surface area contributed by atoms with Crippen molar-refractivity contribution in [1.29, 1.82) is 0 Å². The monoisotopic (exact) mass is 303 g/mol. The summed E-state index contributed by atoms with van der Waals surface area (Å²) in [6, 6.07) is 9.14. The van der Waals surface area contributed by atoms with Gasteiger partial charge in [0.2, 0.25) is 5.82 Å². The highest BCUT2D eigenvalue weighted by Gasteiger charge is 2.28. The molecule has 21 heavy (non-hydrogen) atoms. The van der Waals surface area contributed by atoms with Gasteiger partial charge in [-0.3, -0.25) is 10.1 Å². The zero-order valence-corrected chi connectivity index (χ0v) is 11.7. The lowest BCUT2D eigenvalue weighted by molar-refractivity contribution is -0.385. The van der Waals surface area contributed by atoms with Gasteiger partial charge in [0, 0.05) is 0 Å². The van der Waals surface area contributed by atoms with Crippen LogP contribution >= 0.6 is 11.6 Å². The number of aromatic nitrogens is 4. The molecular formula is C13H10ClN5O2. The van der Waals surface area contributed by atoms with Gasteiger partial charge >= 0.3 is 5.69 Å². The topological polar surface area (TPSA) is 78.8 Å². The van der Waals surface area contributed by atoms with Gasteiger partial charge in [0.15, 0.2) is 0 Å². The summed E-state index contributed by atoms with van der Waals surface area (Å²) in [4.78, 5) is 10.9. The number of benzene rings is 1. The third kappa shape index (κ3) is 2.27. The maximum absolute atomic E-state index is 11.3. The van der Waals surface area contributed by atoms with E-state index in [9.17, 15) is 10.1 Å². The lowest BCUT2D eigenvalue weighted by Gasteiger charge is -2.06. The maximum Gasteiger partial charge on any atom is 0.336 e. The van der Waals surface area contributed by atoms with Crippen LogP contribution in [0.15, 0.2) is 42.7 Å². The molecule has 0 radical (unpaired) electrons. The molecule has 0 saturated carbocycles. The van der Waals surface area contributed by atoms with Crippen LogP contribution < -0.4 is 0 Å². The number of halogens is 1. The van der Waals surface area contributed by atoms with Crippen LogP contribution in [-0.2, 0) is 0 Å². The fraction of sp³-hybridized carbons (Fsp3) is 0.0769. The SMILES string of the molecule is Cc1nn(-c2ccccc2)c(-n2cc(Cl)cn2)c1[N+](=O)[O-]. The average molecular weight is 304 g/mol. The highest BCUT2D eigenvalue weighted by molar-refractivity contribution is 6.30. The van der Waals surface area contributed by atoms with Crippen LogP contribution in [0.5, 0.6) is 0 Å². The molecule has 3 aromatic rings. The maximum atomic E-state index is 11.3. The van der Waals surface area contributed by atoms with Crippen LogP contribution in [0.25, 0.3) is 11.5 Å². The Kier molecular flexibility index (Phi) is 3.19. The van der Waals surface area contributed by atoms with Gasteiger partial charge in [-0.25, -0.2) is 9.36 Å². The van der Waals surface area contributed by atoms with Crippen molar-refractivity contribution in [3.05, 3.63) is 63.6 Å². The summed E-state index contributed by atoms with van der Waals surface area (Å²) in [6.07, 6.45) is 2.92. The van der Waals surface area contributed by atoms with Gasteiger partial charge in [-0.15, -0.1) is 0 Å². The van der Waals surface area contributed by atoms with E-state index in [0.717, 1.165) is 0 Å². The van der Waals surface area contributed by atoms with Crippen molar-refractivity contribution in [2.75, 3.05) is 0 Å². The Morgan fingerprint density at radius 1 is 1.29 bits per heavy atom. The van der Waals surface area contributed by atoms with Gasteiger partial charge in [-0.1, -0.05) is 29.8 Å². The predicted molar refractivity (Wildman–Crippen MR) is 77.1 cm³/mol. The van der Waals surface area contributed by atoms with E-state index in [2.05, 4.69) is 10.2 Å². The standard InChI is InChI=1S/C13H10ClN5O2/c1-9-12(19(20)21)13(17-8-10(14)7-15-17)18(16-9)11-5-3-2-4-6-11/h2-8H,1H3. The van der Waals surface area contributed by atoms with E-state index < -0.39 is 4.92 Å². The Balaban J connectivity index is 2.31. The molecule has 3 rings (SSSR count). The summed E-state index contributed by atoms with van der Waals surface area (Å²) in [7, 11) is 0. The highest BCUT2D eigenvalue weighted by atomic mass is 35.5. The molecule has 2 heterocycles. The van der Waals surface area contributed by atoms with E-state index in [1.807, 2.05) is 30.3 Å². The zero-order chi connectivity index (χ0) is 15.0. The van der Waals surface area contributed by atoms with Gasteiger partial charge < -0.3 is 0 Å². The first kappa shape index (κ1) is 13.3.